The van der Waals surface area contributed by atoms with Crippen molar-refractivity contribution < 1.29 is 4.79 Å². The van der Waals surface area contributed by atoms with E-state index >= 15 is 0 Å². The van der Waals surface area contributed by atoms with Crippen LogP contribution in [0, 0.1) is 0 Å². The predicted molar refractivity (Wildman–Crippen MR) is 109 cm³/mol. The maximum Gasteiger partial charge on any atom is 0.317 e. The van der Waals surface area contributed by atoms with Crippen molar-refractivity contribution in [2.45, 2.75) is 18.9 Å². The summed E-state index contributed by atoms with van der Waals surface area (Å²) in [6.45, 7) is 1.22. The minimum absolute atomic E-state index is 0.124. The smallest absolute Gasteiger partial charge is 0.317 e. The summed E-state index contributed by atoms with van der Waals surface area (Å²) in [6.07, 6.45) is 4.09. The molecule has 2 N–H and O–H groups in total. The summed E-state index contributed by atoms with van der Waals surface area (Å²) in [5, 5.41) is 0.504. The number of piperidine rings is 1. The summed E-state index contributed by atoms with van der Waals surface area (Å²) in [5.41, 5.74) is 5.65. The summed E-state index contributed by atoms with van der Waals surface area (Å²) in [5.74, 6) is -0.0753. The number of hydrogen-bond acceptors (Lipinski definition) is 6. The molecule has 10 heteroatoms. The minimum atomic E-state index is -0.577. The number of aryl methyl sites for hydroxylation is 1. The normalized spacial score (nSPS) is 15.0. The number of aromatic nitrogens is 4. The van der Waals surface area contributed by atoms with Gasteiger partial charge >= 0.3 is 11.1 Å². The van der Waals surface area contributed by atoms with E-state index in [2.05, 4.69) is 9.97 Å². The molecular formula is C19H19ClN6O3. The van der Waals surface area contributed by atoms with Crippen molar-refractivity contribution in [2.75, 3.05) is 18.0 Å². The SMILES string of the molecule is Cn1c(=O)c(=O)n(C2CCN(c3ncc(C(N)=O)cn3)CC2)c2ccc(Cl)cc21. The van der Waals surface area contributed by atoms with Gasteiger partial charge in [-0.05, 0) is 31.0 Å². The van der Waals surface area contributed by atoms with Crippen LogP contribution in [-0.4, -0.2) is 38.1 Å². The summed E-state index contributed by atoms with van der Waals surface area (Å²) >= 11 is 6.09. The number of halogens is 1. The second-order valence-electron chi connectivity index (χ2n) is 7.03. The Balaban J connectivity index is 1.63. The van der Waals surface area contributed by atoms with Gasteiger partial charge in [-0.2, -0.15) is 0 Å². The molecule has 0 saturated carbocycles. The molecule has 3 heterocycles. The van der Waals surface area contributed by atoms with E-state index in [4.69, 9.17) is 17.3 Å². The lowest BCUT2D eigenvalue weighted by atomic mass is 10.0. The van der Waals surface area contributed by atoms with Crippen molar-refractivity contribution in [3.8, 4) is 0 Å². The number of primary amides is 1. The van der Waals surface area contributed by atoms with E-state index in [1.54, 1.807) is 29.8 Å². The van der Waals surface area contributed by atoms with Gasteiger partial charge in [0.15, 0.2) is 0 Å². The largest absolute Gasteiger partial charge is 0.366 e. The van der Waals surface area contributed by atoms with Crippen LogP contribution in [-0.2, 0) is 7.05 Å². The fraction of sp³-hybridized carbons (Fsp3) is 0.316. The first-order valence-electron chi connectivity index (χ1n) is 9.14. The second-order valence-corrected chi connectivity index (χ2v) is 7.46. The molecule has 150 valence electrons. The minimum Gasteiger partial charge on any atom is -0.366 e. The Morgan fingerprint density at radius 3 is 2.38 bits per heavy atom. The molecule has 1 fully saturated rings. The van der Waals surface area contributed by atoms with Crippen molar-refractivity contribution in [1.29, 1.82) is 0 Å². The van der Waals surface area contributed by atoms with Crippen LogP contribution in [0.25, 0.3) is 11.0 Å². The number of rotatable bonds is 3. The maximum atomic E-state index is 12.8. The Hall–Kier alpha value is -3.20. The van der Waals surface area contributed by atoms with Crippen molar-refractivity contribution in [1.82, 2.24) is 19.1 Å². The van der Waals surface area contributed by atoms with Crippen LogP contribution in [0.1, 0.15) is 29.2 Å². The van der Waals surface area contributed by atoms with Crippen LogP contribution in [0.15, 0.2) is 40.2 Å². The molecule has 0 radical (unpaired) electrons. The second kappa shape index (κ2) is 7.32. The molecular weight excluding hydrogens is 396 g/mol. The highest BCUT2D eigenvalue weighted by molar-refractivity contribution is 6.31. The van der Waals surface area contributed by atoms with Crippen LogP contribution in [0.5, 0.6) is 0 Å². The van der Waals surface area contributed by atoms with Gasteiger partial charge in [-0.3, -0.25) is 19.0 Å². The van der Waals surface area contributed by atoms with E-state index < -0.39 is 17.0 Å². The molecule has 0 unspecified atom stereocenters. The van der Waals surface area contributed by atoms with Gasteiger partial charge < -0.3 is 15.2 Å². The Morgan fingerprint density at radius 1 is 1.10 bits per heavy atom. The van der Waals surface area contributed by atoms with Gasteiger partial charge in [0.1, 0.15) is 0 Å². The molecule has 0 aliphatic carbocycles. The van der Waals surface area contributed by atoms with E-state index in [0.717, 1.165) is 0 Å². The topological polar surface area (TPSA) is 116 Å². The number of fused-ring (bicyclic) bond motifs is 1. The fourth-order valence-corrected chi connectivity index (χ4v) is 3.90. The third-order valence-electron chi connectivity index (χ3n) is 5.30. The number of hydrogen-bond donors (Lipinski definition) is 1. The van der Waals surface area contributed by atoms with E-state index in [9.17, 15) is 14.4 Å². The first kappa shape index (κ1) is 19.1. The molecule has 1 aromatic carbocycles. The Bertz CT molecular complexity index is 1210. The number of amides is 1. The number of anilines is 1. The van der Waals surface area contributed by atoms with Crippen LogP contribution in [0.2, 0.25) is 5.02 Å². The molecule has 1 aliphatic heterocycles. The van der Waals surface area contributed by atoms with Crippen LogP contribution in [0.4, 0.5) is 5.95 Å². The van der Waals surface area contributed by atoms with Gasteiger partial charge in [0.2, 0.25) is 5.95 Å². The third kappa shape index (κ3) is 3.38. The highest BCUT2D eigenvalue weighted by Gasteiger charge is 2.25. The lowest BCUT2D eigenvalue weighted by molar-refractivity contribution is 0.0999. The molecule has 2 aromatic heterocycles. The molecule has 3 aromatic rings. The number of carbonyl (C=O) groups is 1. The molecule has 1 saturated heterocycles. The number of carbonyl (C=O) groups excluding carboxylic acids is 1. The van der Waals surface area contributed by atoms with Gasteiger partial charge in [-0.25, -0.2) is 9.97 Å². The number of nitrogens with zero attached hydrogens (tertiary/aromatic N) is 5. The lowest BCUT2D eigenvalue weighted by Crippen LogP contribution is -2.45. The zero-order chi connectivity index (χ0) is 20.7. The predicted octanol–water partition coefficient (Wildman–Crippen LogP) is 1.08. The van der Waals surface area contributed by atoms with Gasteiger partial charge in [0.05, 0.1) is 16.6 Å². The van der Waals surface area contributed by atoms with Crippen molar-refractivity contribution in [3.05, 3.63) is 61.9 Å². The number of nitrogens with two attached hydrogens (primary N) is 1. The quantitative estimate of drug-likeness (QED) is 0.641. The standard InChI is InChI=1S/C19H19ClN6O3/c1-24-15-8-12(20)2-3-14(15)26(18(29)17(24)28)13-4-6-25(7-5-13)19-22-9-11(10-23-19)16(21)27/h2-3,8-10,13H,4-7H2,1H3,(H2,21,27). The van der Waals surface area contributed by atoms with E-state index in [-0.39, 0.29) is 11.6 Å². The summed E-state index contributed by atoms with van der Waals surface area (Å²) in [7, 11) is 1.57. The third-order valence-corrected chi connectivity index (χ3v) is 5.54. The first-order chi connectivity index (χ1) is 13.9. The Morgan fingerprint density at radius 2 is 1.76 bits per heavy atom. The van der Waals surface area contributed by atoms with Crippen molar-refractivity contribution in [2.24, 2.45) is 12.8 Å². The molecule has 0 spiro atoms. The molecule has 1 aliphatic rings. The number of benzene rings is 1. The average molecular weight is 415 g/mol. The van der Waals surface area contributed by atoms with E-state index in [1.165, 1.54) is 17.0 Å². The van der Waals surface area contributed by atoms with Gasteiger partial charge in [0, 0.05) is 43.6 Å². The van der Waals surface area contributed by atoms with Crippen LogP contribution >= 0.6 is 11.6 Å². The molecule has 1 amide bonds. The van der Waals surface area contributed by atoms with Crippen LogP contribution in [0.3, 0.4) is 0 Å². The van der Waals surface area contributed by atoms with E-state index in [0.29, 0.717) is 47.9 Å². The monoisotopic (exact) mass is 414 g/mol. The van der Waals surface area contributed by atoms with Crippen LogP contribution < -0.4 is 21.8 Å². The average Bonchev–Trinajstić information content (AvgIpc) is 2.73. The molecule has 0 bridgehead atoms. The highest BCUT2D eigenvalue weighted by Crippen LogP contribution is 2.27. The van der Waals surface area contributed by atoms with Crippen molar-refractivity contribution >= 4 is 34.5 Å². The lowest BCUT2D eigenvalue weighted by Gasteiger charge is -2.33. The van der Waals surface area contributed by atoms with Gasteiger partial charge in [-0.15, -0.1) is 0 Å². The fourth-order valence-electron chi connectivity index (χ4n) is 3.73. The Kier molecular flexibility index (Phi) is 4.83. The Labute approximate surface area is 170 Å². The zero-order valence-electron chi connectivity index (χ0n) is 15.7. The molecule has 0 atom stereocenters. The summed E-state index contributed by atoms with van der Waals surface area (Å²) < 4.78 is 2.92. The van der Waals surface area contributed by atoms with Gasteiger partial charge in [-0.1, -0.05) is 11.6 Å². The summed E-state index contributed by atoms with van der Waals surface area (Å²) in [6, 6.07) is 5.06. The molecule has 9 nitrogen and oxygen atoms in total. The zero-order valence-corrected chi connectivity index (χ0v) is 16.5. The molecule has 29 heavy (non-hydrogen) atoms. The maximum absolute atomic E-state index is 12.8. The molecule has 4 rings (SSSR count). The van der Waals surface area contributed by atoms with E-state index in [1.807, 2.05) is 4.90 Å². The summed E-state index contributed by atoms with van der Waals surface area (Å²) in [4.78, 5) is 46.7. The highest BCUT2D eigenvalue weighted by atomic mass is 35.5. The van der Waals surface area contributed by atoms with Gasteiger partial charge in [0.25, 0.3) is 5.91 Å². The van der Waals surface area contributed by atoms with Crippen molar-refractivity contribution in [3.63, 3.8) is 0 Å². The first-order valence-corrected chi connectivity index (χ1v) is 9.52.